The number of hydrogen-bond acceptors (Lipinski definition) is 6. The van der Waals surface area contributed by atoms with Crippen molar-refractivity contribution in [3.05, 3.63) is 114 Å². The Hall–Kier alpha value is -5.16. The number of amides is 3. The third kappa shape index (κ3) is 8.29. The summed E-state index contributed by atoms with van der Waals surface area (Å²) in [6.45, 7) is 9.94. The third-order valence-electron chi connectivity index (χ3n) is 8.95. The number of nitrogens with one attached hydrogen (secondary N) is 3. The van der Waals surface area contributed by atoms with E-state index in [1.807, 2.05) is 74.3 Å². The van der Waals surface area contributed by atoms with Crippen molar-refractivity contribution in [3.8, 4) is 17.2 Å². The number of benzene rings is 4. The number of carbonyl (C=O) groups excluding carboxylic acids is 2. The van der Waals surface area contributed by atoms with E-state index < -0.39 is 0 Å². The molecule has 49 heavy (non-hydrogen) atoms. The molecule has 1 aliphatic heterocycles. The molecule has 5 aromatic rings. The average Bonchev–Trinajstić information content (AvgIpc) is 3.48. The van der Waals surface area contributed by atoms with Crippen LogP contribution in [0.3, 0.4) is 0 Å². The van der Waals surface area contributed by atoms with Gasteiger partial charge >= 0.3 is 6.03 Å². The molecule has 0 spiro atoms. The number of piperidine rings is 1. The number of aryl methyl sites for hydroxylation is 1. The Bertz CT molecular complexity index is 1890. The normalized spacial score (nSPS) is 13.8. The number of para-hydroxylation sites is 1. The van der Waals surface area contributed by atoms with Crippen LogP contribution < -0.4 is 20.8 Å². The van der Waals surface area contributed by atoms with Crippen LogP contribution in [0.4, 0.5) is 16.2 Å². The molecule has 6 rings (SSSR count). The van der Waals surface area contributed by atoms with Crippen LogP contribution in [0.1, 0.15) is 48.2 Å². The van der Waals surface area contributed by atoms with E-state index >= 15 is 0 Å². The SMILES string of the molecule is CCN(CC)NC(=O)Nc1ccc(Oc2ccc(NC(=O)c3ccc(-n4cc(CN5CCC(O)CC5)c5ccccc54)cc3)cc2C)cc1. The Labute approximate surface area is 287 Å². The molecule has 1 fully saturated rings. The predicted molar refractivity (Wildman–Crippen MR) is 195 cm³/mol. The zero-order valence-corrected chi connectivity index (χ0v) is 28.3. The molecule has 3 amide bonds. The van der Waals surface area contributed by atoms with Gasteiger partial charge in [0.15, 0.2) is 0 Å². The van der Waals surface area contributed by atoms with Gasteiger partial charge in [-0.05, 0) is 104 Å². The van der Waals surface area contributed by atoms with E-state index in [0.717, 1.165) is 49.2 Å². The predicted octanol–water partition coefficient (Wildman–Crippen LogP) is 7.32. The Kier molecular flexibility index (Phi) is 10.6. The van der Waals surface area contributed by atoms with Gasteiger partial charge in [0, 0.05) is 66.9 Å². The number of ether oxygens (including phenoxy) is 1. The Balaban J connectivity index is 1.07. The quantitative estimate of drug-likeness (QED) is 0.111. The molecule has 10 nitrogen and oxygen atoms in total. The van der Waals surface area contributed by atoms with Crippen LogP contribution in [-0.2, 0) is 6.54 Å². The maximum Gasteiger partial charge on any atom is 0.333 e. The lowest BCUT2D eigenvalue weighted by Gasteiger charge is -2.29. The van der Waals surface area contributed by atoms with Gasteiger partial charge in [0.1, 0.15) is 11.5 Å². The van der Waals surface area contributed by atoms with E-state index in [-0.39, 0.29) is 18.0 Å². The standard InChI is InChI=1S/C39H44N6O4/c1-4-44(5-2)42-39(48)41-30-12-17-34(18-13-30)49-37-19-14-31(24-27(37)3)40-38(47)28-10-15-32(16-11-28)45-26-29(35-8-6-7-9-36(35)45)25-43-22-20-33(46)21-23-43/h6-19,24,26,33,46H,4-5,20-23,25H2,1-3H3,(H,40,47)(H2,41,42,48). The van der Waals surface area contributed by atoms with E-state index in [2.05, 4.69) is 49.9 Å². The summed E-state index contributed by atoms with van der Waals surface area (Å²) in [5.41, 5.74) is 8.90. The Morgan fingerprint density at radius 1 is 0.878 bits per heavy atom. The zero-order valence-electron chi connectivity index (χ0n) is 28.3. The van der Waals surface area contributed by atoms with Crippen molar-refractivity contribution in [1.29, 1.82) is 0 Å². The van der Waals surface area contributed by atoms with Crippen LogP contribution in [0.15, 0.2) is 97.2 Å². The van der Waals surface area contributed by atoms with Gasteiger partial charge in [-0.2, -0.15) is 0 Å². The highest BCUT2D eigenvalue weighted by molar-refractivity contribution is 6.04. The summed E-state index contributed by atoms with van der Waals surface area (Å²) >= 11 is 0. The minimum atomic E-state index is -0.295. The molecule has 2 heterocycles. The number of anilines is 2. The molecule has 0 aliphatic carbocycles. The number of likely N-dealkylation sites (tertiary alicyclic amines) is 1. The second kappa shape index (κ2) is 15.4. The summed E-state index contributed by atoms with van der Waals surface area (Å²) in [6, 6.07) is 28.4. The lowest BCUT2D eigenvalue weighted by Crippen LogP contribution is -2.44. The summed E-state index contributed by atoms with van der Waals surface area (Å²) in [6.07, 6.45) is 3.62. The molecule has 1 aliphatic rings. The van der Waals surface area contributed by atoms with Gasteiger partial charge in [0.2, 0.25) is 0 Å². The second-order valence-electron chi connectivity index (χ2n) is 12.4. The molecule has 0 radical (unpaired) electrons. The number of urea groups is 1. The summed E-state index contributed by atoms with van der Waals surface area (Å²) in [5, 5.41) is 18.8. The smallest absolute Gasteiger partial charge is 0.333 e. The van der Waals surface area contributed by atoms with E-state index in [9.17, 15) is 14.7 Å². The number of aliphatic hydroxyl groups excluding tert-OH is 1. The van der Waals surface area contributed by atoms with Crippen molar-refractivity contribution in [1.82, 2.24) is 19.9 Å². The first-order chi connectivity index (χ1) is 23.8. The molecular formula is C39H44N6O4. The van der Waals surface area contributed by atoms with Crippen LogP contribution in [-0.4, -0.2) is 63.8 Å². The van der Waals surface area contributed by atoms with Gasteiger partial charge in [-0.15, -0.1) is 0 Å². The van der Waals surface area contributed by atoms with Crippen molar-refractivity contribution in [2.45, 2.75) is 46.3 Å². The summed E-state index contributed by atoms with van der Waals surface area (Å²) < 4.78 is 8.26. The first kappa shape index (κ1) is 33.7. The lowest BCUT2D eigenvalue weighted by atomic mass is 10.1. The van der Waals surface area contributed by atoms with Gasteiger partial charge in [0.25, 0.3) is 5.91 Å². The molecule has 4 aromatic carbocycles. The van der Waals surface area contributed by atoms with Crippen molar-refractivity contribution < 1.29 is 19.4 Å². The molecule has 254 valence electrons. The maximum atomic E-state index is 13.2. The van der Waals surface area contributed by atoms with Crippen molar-refractivity contribution in [2.24, 2.45) is 0 Å². The topological polar surface area (TPSA) is 111 Å². The largest absolute Gasteiger partial charge is 0.457 e. The first-order valence-electron chi connectivity index (χ1n) is 16.9. The van der Waals surface area contributed by atoms with E-state index in [4.69, 9.17) is 4.74 Å². The van der Waals surface area contributed by atoms with E-state index in [0.29, 0.717) is 41.5 Å². The molecule has 0 unspecified atom stereocenters. The molecule has 4 N–H and O–H groups in total. The van der Waals surface area contributed by atoms with E-state index in [1.165, 1.54) is 10.9 Å². The highest BCUT2D eigenvalue weighted by Crippen LogP contribution is 2.30. The number of fused-ring (bicyclic) bond motifs is 1. The fourth-order valence-corrected chi connectivity index (χ4v) is 6.14. The third-order valence-corrected chi connectivity index (χ3v) is 8.95. The number of rotatable bonds is 11. The molecular weight excluding hydrogens is 616 g/mol. The van der Waals surface area contributed by atoms with Crippen LogP contribution in [0.25, 0.3) is 16.6 Å². The van der Waals surface area contributed by atoms with Crippen LogP contribution >= 0.6 is 0 Å². The van der Waals surface area contributed by atoms with Crippen LogP contribution in [0.2, 0.25) is 0 Å². The zero-order chi connectivity index (χ0) is 34.3. The minimum Gasteiger partial charge on any atom is -0.457 e. The van der Waals surface area contributed by atoms with Gasteiger partial charge in [-0.1, -0.05) is 32.0 Å². The average molecular weight is 661 g/mol. The second-order valence-corrected chi connectivity index (χ2v) is 12.4. The Morgan fingerprint density at radius 2 is 1.57 bits per heavy atom. The van der Waals surface area contributed by atoms with Crippen molar-refractivity contribution >= 4 is 34.2 Å². The number of aliphatic hydroxyl groups is 1. The summed E-state index contributed by atoms with van der Waals surface area (Å²) in [7, 11) is 0. The number of hydrazine groups is 1. The molecule has 1 aromatic heterocycles. The van der Waals surface area contributed by atoms with Crippen molar-refractivity contribution in [2.75, 3.05) is 36.8 Å². The number of nitrogens with zero attached hydrogens (tertiary/aromatic N) is 3. The molecule has 0 saturated carbocycles. The maximum absolute atomic E-state index is 13.2. The number of carbonyl (C=O) groups is 2. The fourth-order valence-electron chi connectivity index (χ4n) is 6.14. The van der Waals surface area contributed by atoms with E-state index in [1.54, 1.807) is 24.3 Å². The summed E-state index contributed by atoms with van der Waals surface area (Å²) in [5.74, 6) is 1.10. The summed E-state index contributed by atoms with van der Waals surface area (Å²) in [4.78, 5) is 27.8. The highest BCUT2D eigenvalue weighted by Gasteiger charge is 2.19. The van der Waals surface area contributed by atoms with Gasteiger partial charge in [-0.3, -0.25) is 15.1 Å². The monoisotopic (exact) mass is 660 g/mol. The highest BCUT2D eigenvalue weighted by atomic mass is 16.5. The minimum absolute atomic E-state index is 0.191. The molecule has 0 atom stereocenters. The van der Waals surface area contributed by atoms with Gasteiger partial charge in [0.05, 0.1) is 11.6 Å². The first-order valence-corrected chi connectivity index (χ1v) is 16.9. The molecule has 0 bridgehead atoms. The molecule has 1 saturated heterocycles. The van der Waals surface area contributed by atoms with Crippen LogP contribution in [0, 0.1) is 6.92 Å². The lowest BCUT2D eigenvalue weighted by molar-refractivity contribution is 0.0794. The molecule has 10 heteroatoms. The van der Waals surface area contributed by atoms with Gasteiger partial charge < -0.3 is 25.0 Å². The number of aromatic nitrogens is 1. The number of hydrogen-bond donors (Lipinski definition) is 4. The Morgan fingerprint density at radius 3 is 2.27 bits per heavy atom. The fraction of sp³-hybridized carbons (Fsp3) is 0.282. The van der Waals surface area contributed by atoms with Gasteiger partial charge in [-0.25, -0.2) is 9.80 Å². The van der Waals surface area contributed by atoms with Crippen molar-refractivity contribution in [3.63, 3.8) is 0 Å². The van der Waals surface area contributed by atoms with Crippen LogP contribution in [0.5, 0.6) is 11.5 Å².